The molecule has 92 valence electrons. The van der Waals surface area contributed by atoms with Gasteiger partial charge in [-0.3, -0.25) is 4.79 Å². The number of hydrogen-bond acceptors (Lipinski definition) is 2. The SMILES string of the molecule is C=Cc1cc(=O)c(Oc2ccc(C)cc2C)c[nH]1. The van der Waals surface area contributed by atoms with Crippen molar-refractivity contribution in [2.75, 3.05) is 0 Å². The lowest BCUT2D eigenvalue weighted by molar-refractivity contribution is 0.472. The van der Waals surface area contributed by atoms with Crippen molar-refractivity contribution in [1.29, 1.82) is 0 Å². The molecule has 18 heavy (non-hydrogen) atoms. The molecule has 0 saturated carbocycles. The number of ether oxygens (including phenoxy) is 1. The van der Waals surface area contributed by atoms with E-state index in [2.05, 4.69) is 11.6 Å². The van der Waals surface area contributed by atoms with E-state index in [4.69, 9.17) is 4.74 Å². The van der Waals surface area contributed by atoms with E-state index in [9.17, 15) is 4.79 Å². The van der Waals surface area contributed by atoms with Gasteiger partial charge in [0, 0.05) is 18.0 Å². The number of aryl methyl sites for hydroxylation is 2. The molecule has 0 aliphatic carbocycles. The van der Waals surface area contributed by atoms with E-state index >= 15 is 0 Å². The number of aromatic amines is 1. The molecule has 0 atom stereocenters. The molecule has 0 spiro atoms. The van der Waals surface area contributed by atoms with E-state index in [1.54, 1.807) is 12.3 Å². The summed E-state index contributed by atoms with van der Waals surface area (Å²) in [6.07, 6.45) is 3.14. The zero-order chi connectivity index (χ0) is 13.1. The van der Waals surface area contributed by atoms with Gasteiger partial charge >= 0.3 is 0 Å². The van der Waals surface area contributed by atoms with Gasteiger partial charge in [-0.2, -0.15) is 0 Å². The maximum Gasteiger partial charge on any atom is 0.224 e. The Bertz CT molecular complexity index is 641. The summed E-state index contributed by atoms with van der Waals surface area (Å²) in [4.78, 5) is 14.7. The molecule has 3 nitrogen and oxygen atoms in total. The second-order valence-electron chi connectivity index (χ2n) is 4.19. The number of nitrogens with one attached hydrogen (secondary N) is 1. The first-order valence-electron chi connectivity index (χ1n) is 5.70. The summed E-state index contributed by atoms with van der Waals surface area (Å²) in [6.45, 7) is 7.57. The highest BCUT2D eigenvalue weighted by Gasteiger charge is 2.05. The highest BCUT2D eigenvalue weighted by Crippen LogP contribution is 2.23. The summed E-state index contributed by atoms with van der Waals surface area (Å²) >= 11 is 0. The number of aromatic nitrogens is 1. The summed E-state index contributed by atoms with van der Waals surface area (Å²) in [6, 6.07) is 7.30. The minimum absolute atomic E-state index is 0.163. The van der Waals surface area contributed by atoms with Crippen molar-refractivity contribution in [3.63, 3.8) is 0 Å². The van der Waals surface area contributed by atoms with Gasteiger partial charge in [-0.05, 0) is 31.6 Å². The zero-order valence-electron chi connectivity index (χ0n) is 10.5. The van der Waals surface area contributed by atoms with Gasteiger partial charge < -0.3 is 9.72 Å². The van der Waals surface area contributed by atoms with E-state index < -0.39 is 0 Å². The number of H-pyrrole nitrogens is 1. The van der Waals surface area contributed by atoms with E-state index in [0.29, 0.717) is 11.4 Å². The lowest BCUT2D eigenvalue weighted by Gasteiger charge is -2.08. The van der Waals surface area contributed by atoms with Gasteiger partial charge in [0.05, 0.1) is 0 Å². The van der Waals surface area contributed by atoms with Crippen LogP contribution in [0.2, 0.25) is 0 Å². The quantitative estimate of drug-likeness (QED) is 0.894. The van der Waals surface area contributed by atoms with Crippen molar-refractivity contribution in [3.8, 4) is 11.5 Å². The first-order valence-corrected chi connectivity index (χ1v) is 5.70. The Balaban J connectivity index is 2.34. The van der Waals surface area contributed by atoms with Crippen LogP contribution < -0.4 is 10.2 Å². The maximum atomic E-state index is 11.8. The Labute approximate surface area is 106 Å². The Morgan fingerprint density at radius 3 is 2.61 bits per heavy atom. The topological polar surface area (TPSA) is 42.1 Å². The third kappa shape index (κ3) is 2.51. The molecule has 0 fully saturated rings. The van der Waals surface area contributed by atoms with Crippen molar-refractivity contribution in [1.82, 2.24) is 4.98 Å². The number of hydrogen-bond donors (Lipinski definition) is 1. The van der Waals surface area contributed by atoms with Gasteiger partial charge in [-0.25, -0.2) is 0 Å². The Morgan fingerprint density at radius 1 is 1.22 bits per heavy atom. The normalized spacial score (nSPS) is 10.1. The van der Waals surface area contributed by atoms with Crippen molar-refractivity contribution < 1.29 is 4.74 Å². The van der Waals surface area contributed by atoms with Crippen molar-refractivity contribution >= 4 is 6.08 Å². The van der Waals surface area contributed by atoms with Crippen molar-refractivity contribution in [2.45, 2.75) is 13.8 Å². The predicted octanol–water partition coefficient (Wildman–Crippen LogP) is 3.43. The van der Waals surface area contributed by atoms with Gasteiger partial charge in [0.1, 0.15) is 5.75 Å². The summed E-state index contributed by atoms with van der Waals surface area (Å²) in [7, 11) is 0. The Morgan fingerprint density at radius 2 is 2.00 bits per heavy atom. The monoisotopic (exact) mass is 241 g/mol. The van der Waals surface area contributed by atoms with Gasteiger partial charge in [0.15, 0.2) is 5.75 Å². The highest BCUT2D eigenvalue weighted by molar-refractivity contribution is 5.44. The molecule has 0 unspecified atom stereocenters. The molecule has 0 amide bonds. The molecule has 2 rings (SSSR count). The maximum absolute atomic E-state index is 11.8. The molecule has 0 aliphatic rings. The lowest BCUT2D eigenvalue weighted by atomic mass is 10.1. The summed E-state index contributed by atoms with van der Waals surface area (Å²) < 4.78 is 5.62. The fraction of sp³-hybridized carbons (Fsp3) is 0.133. The van der Waals surface area contributed by atoms with Crippen LogP contribution in [0.15, 0.2) is 41.8 Å². The average molecular weight is 241 g/mol. The van der Waals surface area contributed by atoms with Crippen LogP contribution in [0.1, 0.15) is 16.8 Å². The molecular formula is C15H15NO2. The smallest absolute Gasteiger partial charge is 0.224 e. The molecule has 1 aromatic heterocycles. The summed E-state index contributed by atoms with van der Waals surface area (Å²) in [5.74, 6) is 0.977. The van der Waals surface area contributed by atoms with Crippen molar-refractivity contribution in [3.05, 3.63) is 64.1 Å². The molecule has 0 saturated heterocycles. The van der Waals surface area contributed by atoms with Gasteiger partial charge in [0.2, 0.25) is 5.43 Å². The number of rotatable bonds is 3. The largest absolute Gasteiger partial charge is 0.451 e. The molecule has 1 heterocycles. The van der Waals surface area contributed by atoms with Gasteiger partial charge in [-0.1, -0.05) is 24.3 Å². The van der Waals surface area contributed by atoms with Gasteiger partial charge in [-0.15, -0.1) is 0 Å². The van der Waals surface area contributed by atoms with Gasteiger partial charge in [0.25, 0.3) is 0 Å². The third-order valence-electron chi connectivity index (χ3n) is 2.67. The van der Waals surface area contributed by atoms with Crippen LogP contribution in [0.25, 0.3) is 6.08 Å². The van der Waals surface area contributed by atoms with Crippen LogP contribution in [-0.2, 0) is 0 Å². The lowest BCUT2D eigenvalue weighted by Crippen LogP contribution is -2.05. The molecule has 0 radical (unpaired) electrons. The molecule has 0 aliphatic heterocycles. The third-order valence-corrected chi connectivity index (χ3v) is 2.67. The first-order chi connectivity index (χ1) is 8.60. The van der Waals surface area contributed by atoms with Crippen molar-refractivity contribution in [2.24, 2.45) is 0 Å². The van der Waals surface area contributed by atoms with E-state index in [0.717, 1.165) is 11.1 Å². The summed E-state index contributed by atoms with van der Waals surface area (Å²) in [5.41, 5.74) is 2.68. The second-order valence-corrected chi connectivity index (χ2v) is 4.19. The Kier molecular flexibility index (Phi) is 3.33. The summed E-state index contributed by atoms with van der Waals surface area (Å²) in [5, 5.41) is 0. The molecule has 1 aromatic carbocycles. The van der Waals surface area contributed by atoms with E-state index in [-0.39, 0.29) is 11.2 Å². The standard InChI is InChI=1S/C15H15NO2/c1-4-12-8-13(17)15(9-16-12)18-14-6-5-10(2)7-11(14)3/h4-9H,1H2,2-3H3,(H,16,17). The fourth-order valence-corrected chi connectivity index (χ4v) is 1.70. The number of pyridine rings is 1. The van der Waals surface area contributed by atoms with E-state index in [1.165, 1.54) is 6.07 Å². The second kappa shape index (κ2) is 4.92. The highest BCUT2D eigenvalue weighted by atomic mass is 16.5. The van der Waals surface area contributed by atoms with Crippen LogP contribution in [0.3, 0.4) is 0 Å². The molecular weight excluding hydrogens is 226 g/mol. The number of benzene rings is 1. The van der Waals surface area contributed by atoms with Crippen LogP contribution in [-0.4, -0.2) is 4.98 Å². The van der Waals surface area contributed by atoms with Crippen LogP contribution in [0.4, 0.5) is 0 Å². The molecule has 2 aromatic rings. The molecule has 0 bridgehead atoms. The Hall–Kier alpha value is -2.29. The van der Waals surface area contributed by atoms with Crippen LogP contribution in [0, 0.1) is 13.8 Å². The van der Waals surface area contributed by atoms with Crippen LogP contribution in [0.5, 0.6) is 11.5 Å². The molecule has 3 heteroatoms. The van der Waals surface area contributed by atoms with E-state index in [1.807, 2.05) is 32.0 Å². The predicted molar refractivity (Wildman–Crippen MR) is 73.1 cm³/mol. The fourth-order valence-electron chi connectivity index (χ4n) is 1.70. The minimum Gasteiger partial charge on any atom is -0.451 e. The zero-order valence-corrected chi connectivity index (χ0v) is 10.5. The molecule has 1 N–H and O–H groups in total. The van der Waals surface area contributed by atoms with Crippen LogP contribution >= 0.6 is 0 Å². The average Bonchev–Trinajstić information content (AvgIpc) is 2.34. The first kappa shape index (κ1) is 12.2. The minimum atomic E-state index is -0.163.